The van der Waals surface area contributed by atoms with Crippen LogP contribution in [0.15, 0.2) is 18.2 Å². The van der Waals surface area contributed by atoms with E-state index in [4.69, 9.17) is 0 Å². The topological polar surface area (TPSA) is 69.7 Å². The normalized spacial score (nSPS) is 17.2. The van der Waals surface area contributed by atoms with Gasteiger partial charge in [0.15, 0.2) is 0 Å². The molecule has 0 radical (unpaired) electrons. The Bertz CT molecular complexity index is 670. The summed E-state index contributed by atoms with van der Waals surface area (Å²) in [7, 11) is 0. The van der Waals surface area contributed by atoms with Crippen LogP contribution in [0.4, 0.5) is 0 Å². The quantitative estimate of drug-likeness (QED) is 0.828. The van der Waals surface area contributed by atoms with E-state index in [-0.39, 0.29) is 30.1 Å². The average molecular weight is 366 g/mol. The van der Waals surface area contributed by atoms with Crippen molar-refractivity contribution < 1.29 is 14.4 Å². The minimum absolute atomic E-state index is 0. The number of amides is 3. The van der Waals surface area contributed by atoms with Crippen LogP contribution in [0.5, 0.6) is 0 Å². The highest BCUT2D eigenvalue weighted by Crippen LogP contribution is 2.25. The number of benzene rings is 1. The van der Waals surface area contributed by atoms with Crippen LogP contribution >= 0.6 is 12.4 Å². The maximum absolute atomic E-state index is 12.7. The molecule has 6 nitrogen and oxygen atoms in total. The summed E-state index contributed by atoms with van der Waals surface area (Å²) >= 11 is 0. The first kappa shape index (κ1) is 19.4. The Labute approximate surface area is 154 Å². The third-order valence-electron chi connectivity index (χ3n) is 4.58. The van der Waals surface area contributed by atoms with Crippen molar-refractivity contribution in [3.8, 4) is 0 Å². The van der Waals surface area contributed by atoms with Crippen LogP contribution in [-0.4, -0.2) is 60.2 Å². The van der Waals surface area contributed by atoms with Gasteiger partial charge in [-0.1, -0.05) is 13.3 Å². The standard InChI is InChI=1S/C18H23N3O3.ClH/c1-2-3-10-21-17(23)14-6-5-13(12-15(14)18(21)24)16(22)20-9-4-7-19-8-11-20;/h5-6,12,19H,2-4,7-11H2,1H3;1H. The van der Waals surface area contributed by atoms with E-state index in [2.05, 4.69) is 5.32 Å². The van der Waals surface area contributed by atoms with Gasteiger partial charge in [-0.2, -0.15) is 0 Å². The van der Waals surface area contributed by atoms with Gasteiger partial charge in [-0.3, -0.25) is 19.3 Å². The van der Waals surface area contributed by atoms with Gasteiger partial charge in [0, 0.05) is 31.7 Å². The highest BCUT2D eigenvalue weighted by molar-refractivity contribution is 6.22. The number of hydrogen-bond acceptors (Lipinski definition) is 4. The lowest BCUT2D eigenvalue weighted by Gasteiger charge is -2.20. The van der Waals surface area contributed by atoms with Crippen LogP contribution < -0.4 is 5.32 Å². The van der Waals surface area contributed by atoms with E-state index >= 15 is 0 Å². The van der Waals surface area contributed by atoms with Gasteiger partial charge in [0.1, 0.15) is 0 Å². The van der Waals surface area contributed by atoms with E-state index in [0.29, 0.717) is 36.3 Å². The van der Waals surface area contributed by atoms with Crippen molar-refractivity contribution >= 4 is 30.1 Å². The molecule has 0 aromatic heterocycles. The fourth-order valence-corrected chi connectivity index (χ4v) is 3.17. The van der Waals surface area contributed by atoms with Gasteiger partial charge in [-0.25, -0.2) is 0 Å². The number of nitrogens with zero attached hydrogens (tertiary/aromatic N) is 2. The second kappa shape index (κ2) is 8.45. The summed E-state index contributed by atoms with van der Waals surface area (Å²) in [5, 5.41) is 3.26. The van der Waals surface area contributed by atoms with Gasteiger partial charge >= 0.3 is 0 Å². The number of unbranched alkanes of at least 4 members (excludes halogenated alkanes) is 1. The summed E-state index contributed by atoms with van der Waals surface area (Å²) in [5.41, 5.74) is 1.24. The molecule has 2 aliphatic rings. The first-order valence-electron chi connectivity index (χ1n) is 8.63. The first-order valence-corrected chi connectivity index (χ1v) is 8.63. The summed E-state index contributed by atoms with van der Waals surface area (Å²) < 4.78 is 0. The monoisotopic (exact) mass is 365 g/mol. The van der Waals surface area contributed by atoms with Crippen LogP contribution in [0.2, 0.25) is 0 Å². The zero-order valence-corrected chi connectivity index (χ0v) is 15.2. The van der Waals surface area contributed by atoms with E-state index < -0.39 is 0 Å². The average Bonchev–Trinajstić information content (AvgIpc) is 2.81. The van der Waals surface area contributed by atoms with Crippen molar-refractivity contribution in [2.75, 3.05) is 32.7 Å². The molecule has 3 rings (SSSR count). The number of fused-ring (bicyclic) bond motifs is 1. The van der Waals surface area contributed by atoms with Gasteiger partial charge in [0.05, 0.1) is 11.1 Å². The lowest BCUT2D eigenvalue weighted by atomic mass is 10.0. The Morgan fingerprint density at radius 2 is 1.88 bits per heavy atom. The SMILES string of the molecule is CCCCN1C(=O)c2ccc(C(=O)N3CCCNCC3)cc2C1=O.Cl. The van der Waals surface area contributed by atoms with Crippen LogP contribution in [0.25, 0.3) is 0 Å². The molecular weight excluding hydrogens is 342 g/mol. The van der Waals surface area contributed by atoms with Crippen molar-refractivity contribution in [1.82, 2.24) is 15.1 Å². The molecule has 0 atom stereocenters. The molecule has 0 saturated carbocycles. The number of halogens is 1. The Morgan fingerprint density at radius 1 is 1.12 bits per heavy atom. The predicted molar refractivity (Wildman–Crippen MR) is 97.4 cm³/mol. The lowest BCUT2D eigenvalue weighted by Crippen LogP contribution is -2.34. The molecule has 2 heterocycles. The molecule has 7 heteroatoms. The van der Waals surface area contributed by atoms with E-state index in [1.54, 1.807) is 23.1 Å². The zero-order chi connectivity index (χ0) is 17.1. The molecule has 2 aliphatic heterocycles. The Morgan fingerprint density at radius 3 is 2.64 bits per heavy atom. The van der Waals surface area contributed by atoms with E-state index in [0.717, 1.165) is 32.4 Å². The van der Waals surface area contributed by atoms with Gasteiger partial charge in [0.2, 0.25) is 0 Å². The molecule has 0 unspecified atom stereocenters. The molecule has 136 valence electrons. The summed E-state index contributed by atoms with van der Waals surface area (Å²) in [4.78, 5) is 40.6. The van der Waals surface area contributed by atoms with Crippen LogP contribution in [0, 0.1) is 0 Å². The molecule has 0 spiro atoms. The van der Waals surface area contributed by atoms with Gasteiger partial charge in [0.25, 0.3) is 17.7 Å². The Balaban J connectivity index is 0.00000225. The smallest absolute Gasteiger partial charge is 0.261 e. The van der Waals surface area contributed by atoms with Gasteiger partial charge < -0.3 is 10.2 Å². The van der Waals surface area contributed by atoms with Crippen molar-refractivity contribution in [1.29, 1.82) is 0 Å². The molecule has 0 aliphatic carbocycles. The van der Waals surface area contributed by atoms with Crippen molar-refractivity contribution in [2.45, 2.75) is 26.2 Å². The molecule has 1 saturated heterocycles. The number of carbonyl (C=O) groups excluding carboxylic acids is 3. The molecule has 1 aromatic carbocycles. The van der Waals surface area contributed by atoms with Crippen LogP contribution in [-0.2, 0) is 0 Å². The van der Waals surface area contributed by atoms with E-state index in [1.165, 1.54) is 4.90 Å². The maximum atomic E-state index is 12.7. The molecule has 1 fully saturated rings. The first-order chi connectivity index (χ1) is 11.6. The van der Waals surface area contributed by atoms with Gasteiger partial charge in [-0.05, 0) is 37.6 Å². The second-order valence-corrected chi connectivity index (χ2v) is 6.27. The minimum Gasteiger partial charge on any atom is -0.337 e. The highest BCUT2D eigenvalue weighted by Gasteiger charge is 2.35. The summed E-state index contributed by atoms with van der Waals surface area (Å²) in [6, 6.07) is 4.86. The van der Waals surface area contributed by atoms with Gasteiger partial charge in [-0.15, -0.1) is 12.4 Å². The second-order valence-electron chi connectivity index (χ2n) is 6.27. The number of hydrogen-bond donors (Lipinski definition) is 1. The molecule has 0 bridgehead atoms. The molecular formula is C18H24ClN3O3. The zero-order valence-electron chi connectivity index (χ0n) is 14.4. The van der Waals surface area contributed by atoms with Crippen LogP contribution in [0.1, 0.15) is 57.3 Å². The lowest BCUT2D eigenvalue weighted by molar-refractivity contribution is 0.0652. The molecule has 1 aromatic rings. The largest absolute Gasteiger partial charge is 0.337 e. The Hall–Kier alpha value is -1.92. The van der Waals surface area contributed by atoms with Crippen molar-refractivity contribution in [2.24, 2.45) is 0 Å². The number of carbonyl (C=O) groups is 3. The van der Waals surface area contributed by atoms with Crippen molar-refractivity contribution in [3.63, 3.8) is 0 Å². The summed E-state index contributed by atoms with van der Waals surface area (Å²) in [5.74, 6) is -0.606. The third kappa shape index (κ3) is 3.85. The third-order valence-corrected chi connectivity index (χ3v) is 4.58. The number of nitrogens with one attached hydrogen (secondary N) is 1. The number of rotatable bonds is 4. The fourth-order valence-electron chi connectivity index (χ4n) is 3.17. The molecule has 25 heavy (non-hydrogen) atoms. The summed E-state index contributed by atoms with van der Waals surface area (Å²) in [6.07, 6.45) is 2.62. The minimum atomic E-state index is -0.282. The van der Waals surface area contributed by atoms with E-state index in [9.17, 15) is 14.4 Å². The Kier molecular flexibility index (Phi) is 6.56. The predicted octanol–water partition coefficient (Wildman–Crippen LogP) is 1.94. The van der Waals surface area contributed by atoms with Crippen LogP contribution in [0.3, 0.4) is 0 Å². The summed E-state index contributed by atoms with van der Waals surface area (Å²) in [6.45, 7) is 5.50. The molecule has 1 N–H and O–H groups in total. The van der Waals surface area contributed by atoms with Crippen molar-refractivity contribution in [3.05, 3.63) is 34.9 Å². The molecule has 3 amide bonds. The maximum Gasteiger partial charge on any atom is 0.261 e. The fraction of sp³-hybridized carbons (Fsp3) is 0.500. The van der Waals surface area contributed by atoms with E-state index in [1.807, 2.05) is 6.92 Å². The number of imide groups is 1. The highest BCUT2D eigenvalue weighted by atomic mass is 35.5.